The summed E-state index contributed by atoms with van der Waals surface area (Å²) in [7, 11) is 0. The van der Waals surface area contributed by atoms with E-state index in [9.17, 15) is 4.79 Å². The maximum absolute atomic E-state index is 13.6. The Hall–Kier alpha value is -4.66. The SMILES string of the molecule is CCCCc1nc2cc(C3=NN(c4ccccc4-c4ccccc4-c4nnn[nH]4)C(=O)CC3(C)C)ccc2[nH]1. The molecule has 0 aliphatic carbocycles. The van der Waals surface area contributed by atoms with Gasteiger partial charge in [-0.05, 0) is 40.6 Å². The van der Waals surface area contributed by atoms with Crippen molar-refractivity contribution in [2.75, 3.05) is 5.01 Å². The Bertz CT molecular complexity index is 1680. The molecule has 196 valence electrons. The Morgan fingerprint density at radius 2 is 1.74 bits per heavy atom. The number of H-pyrrole nitrogens is 2. The van der Waals surface area contributed by atoms with E-state index in [2.05, 4.69) is 64.6 Å². The van der Waals surface area contributed by atoms with Gasteiger partial charge in [-0.2, -0.15) is 10.1 Å². The second-order valence-electron chi connectivity index (χ2n) is 10.5. The molecule has 3 aromatic carbocycles. The van der Waals surface area contributed by atoms with Crippen molar-refractivity contribution in [3.8, 4) is 22.5 Å². The van der Waals surface area contributed by atoms with Crippen molar-refractivity contribution in [2.45, 2.75) is 46.5 Å². The number of rotatable bonds is 7. The molecule has 0 unspecified atom stereocenters. The van der Waals surface area contributed by atoms with E-state index in [0.29, 0.717) is 17.9 Å². The highest BCUT2D eigenvalue weighted by Gasteiger charge is 2.38. The van der Waals surface area contributed by atoms with E-state index in [1.165, 1.54) is 0 Å². The molecular weight excluding hydrogens is 488 g/mol. The summed E-state index contributed by atoms with van der Waals surface area (Å²) in [6, 6.07) is 21.9. The molecule has 3 heterocycles. The van der Waals surface area contributed by atoms with Gasteiger partial charge in [0.2, 0.25) is 5.91 Å². The van der Waals surface area contributed by atoms with Crippen molar-refractivity contribution in [1.29, 1.82) is 0 Å². The van der Waals surface area contributed by atoms with Crippen molar-refractivity contribution in [3.63, 3.8) is 0 Å². The molecule has 9 nitrogen and oxygen atoms in total. The fourth-order valence-corrected chi connectivity index (χ4v) is 5.22. The van der Waals surface area contributed by atoms with E-state index in [1.54, 1.807) is 5.01 Å². The lowest BCUT2D eigenvalue weighted by molar-refractivity contribution is -0.120. The van der Waals surface area contributed by atoms with Crippen LogP contribution in [0, 0.1) is 5.41 Å². The van der Waals surface area contributed by atoms with E-state index in [-0.39, 0.29) is 5.91 Å². The van der Waals surface area contributed by atoms with Crippen LogP contribution in [-0.2, 0) is 11.2 Å². The van der Waals surface area contributed by atoms with Gasteiger partial charge in [0.05, 0.1) is 22.4 Å². The Morgan fingerprint density at radius 1 is 0.974 bits per heavy atom. The molecule has 0 atom stereocenters. The Balaban J connectivity index is 1.45. The van der Waals surface area contributed by atoms with Crippen LogP contribution in [0.2, 0.25) is 0 Å². The molecule has 0 radical (unpaired) electrons. The smallest absolute Gasteiger partial charge is 0.248 e. The summed E-state index contributed by atoms with van der Waals surface area (Å²) in [5.74, 6) is 1.50. The van der Waals surface area contributed by atoms with Crippen LogP contribution >= 0.6 is 0 Å². The average molecular weight is 519 g/mol. The monoisotopic (exact) mass is 518 g/mol. The van der Waals surface area contributed by atoms with Crippen molar-refractivity contribution < 1.29 is 4.79 Å². The number of fused-ring (bicyclic) bond motifs is 1. The third kappa shape index (κ3) is 4.60. The van der Waals surface area contributed by atoms with Crippen molar-refractivity contribution in [2.24, 2.45) is 10.5 Å². The number of nitrogens with zero attached hydrogens (tertiary/aromatic N) is 6. The van der Waals surface area contributed by atoms with Gasteiger partial charge in [0.25, 0.3) is 0 Å². The first kappa shape index (κ1) is 24.7. The molecule has 1 aliphatic heterocycles. The number of aromatic nitrogens is 6. The molecular formula is C30H30N8O. The molecule has 5 aromatic rings. The summed E-state index contributed by atoms with van der Waals surface area (Å²) < 4.78 is 0. The molecule has 39 heavy (non-hydrogen) atoms. The van der Waals surface area contributed by atoms with Crippen molar-refractivity contribution in [3.05, 3.63) is 78.1 Å². The number of amides is 1. The predicted octanol–water partition coefficient (Wildman–Crippen LogP) is 5.92. The minimum Gasteiger partial charge on any atom is -0.342 e. The summed E-state index contributed by atoms with van der Waals surface area (Å²) in [6.07, 6.45) is 3.48. The van der Waals surface area contributed by atoms with Gasteiger partial charge in [-0.1, -0.05) is 75.7 Å². The topological polar surface area (TPSA) is 116 Å². The molecule has 1 amide bonds. The van der Waals surface area contributed by atoms with Crippen LogP contribution in [0.5, 0.6) is 0 Å². The number of benzene rings is 3. The first-order valence-electron chi connectivity index (χ1n) is 13.3. The number of unbranched alkanes of at least 4 members (excludes halogenated alkanes) is 1. The molecule has 0 bridgehead atoms. The number of aromatic amines is 2. The van der Waals surface area contributed by atoms with Crippen molar-refractivity contribution >= 4 is 28.3 Å². The van der Waals surface area contributed by atoms with Gasteiger partial charge in [0.15, 0.2) is 5.82 Å². The minimum atomic E-state index is -0.443. The molecule has 2 aromatic heterocycles. The van der Waals surface area contributed by atoms with Gasteiger partial charge in [-0.3, -0.25) is 4.79 Å². The van der Waals surface area contributed by atoms with Crippen LogP contribution < -0.4 is 5.01 Å². The summed E-state index contributed by atoms with van der Waals surface area (Å²) in [5.41, 5.74) is 6.61. The third-order valence-corrected chi connectivity index (χ3v) is 7.19. The number of hydrogen-bond acceptors (Lipinski definition) is 6. The molecule has 0 saturated heterocycles. The lowest BCUT2D eigenvalue weighted by Gasteiger charge is -2.35. The zero-order chi connectivity index (χ0) is 27.0. The van der Waals surface area contributed by atoms with Crippen molar-refractivity contribution in [1.82, 2.24) is 30.6 Å². The van der Waals surface area contributed by atoms with Crippen LogP contribution in [-0.4, -0.2) is 42.2 Å². The number of hydrazone groups is 1. The van der Waals surface area contributed by atoms with Crippen LogP contribution in [0.25, 0.3) is 33.5 Å². The summed E-state index contributed by atoms with van der Waals surface area (Å²) >= 11 is 0. The quantitative estimate of drug-likeness (QED) is 0.277. The number of tetrazole rings is 1. The zero-order valence-corrected chi connectivity index (χ0v) is 22.3. The predicted molar refractivity (Wildman–Crippen MR) is 152 cm³/mol. The first-order valence-corrected chi connectivity index (χ1v) is 13.3. The van der Waals surface area contributed by atoms with E-state index in [1.807, 2.05) is 48.5 Å². The zero-order valence-electron chi connectivity index (χ0n) is 22.3. The number of hydrogen-bond donors (Lipinski definition) is 2. The highest BCUT2D eigenvalue weighted by molar-refractivity contribution is 6.13. The van der Waals surface area contributed by atoms with Gasteiger partial charge in [0, 0.05) is 34.9 Å². The molecule has 0 saturated carbocycles. The van der Waals surface area contributed by atoms with Gasteiger partial charge < -0.3 is 4.98 Å². The lowest BCUT2D eigenvalue weighted by atomic mass is 9.79. The lowest BCUT2D eigenvalue weighted by Crippen LogP contribution is -2.42. The largest absolute Gasteiger partial charge is 0.342 e. The summed E-state index contributed by atoms with van der Waals surface area (Å²) in [6.45, 7) is 6.32. The van der Waals surface area contributed by atoms with Crippen LogP contribution in [0.4, 0.5) is 5.69 Å². The highest BCUT2D eigenvalue weighted by atomic mass is 16.2. The average Bonchev–Trinajstić information content (AvgIpc) is 3.61. The molecule has 0 spiro atoms. The van der Waals surface area contributed by atoms with Crippen LogP contribution in [0.3, 0.4) is 0 Å². The normalized spacial score (nSPS) is 15.1. The van der Waals surface area contributed by atoms with Crippen LogP contribution in [0.1, 0.15) is 51.4 Å². The number of carbonyl (C=O) groups excluding carboxylic acids is 1. The number of aryl methyl sites for hydroxylation is 1. The second kappa shape index (κ2) is 9.90. The molecule has 6 rings (SSSR count). The molecule has 1 aliphatic rings. The molecule has 0 fully saturated rings. The second-order valence-corrected chi connectivity index (χ2v) is 10.5. The van der Waals surface area contributed by atoms with Gasteiger partial charge in [-0.25, -0.2) is 10.1 Å². The minimum absolute atomic E-state index is 0.0577. The number of imidazole rings is 1. The summed E-state index contributed by atoms with van der Waals surface area (Å²) in [4.78, 5) is 21.8. The third-order valence-electron chi connectivity index (χ3n) is 7.19. The number of carbonyl (C=O) groups is 1. The van der Waals surface area contributed by atoms with Crippen LogP contribution in [0.15, 0.2) is 71.8 Å². The summed E-state index contributed by atoms with van der Waals surface area (Å²) in [5, 5.41) is 21.0. The van der Waals surface area contributed by atoms with Gasteiger partial charge in [-0.15, -0.1) is 5.10 Å². The van der Waals surface area contributed by atoms with E-state index in [4.69, 9.17) is 10.1 Å². The number of anilines is 1. The maximum atomic E-state index is 13.6. The number of para-hydroxylation sites is 1. The van der Waals surface area contributed by atoms with Gasteiger partial charge >= 0.3 is 0 Å². The van der Waals surface area contributed by atoms with E-state index in [0.717, 1.165) is 64.1 Å². The van der Waals surface area contributed by atoms with E-state index < -0.39 is 5.41 Å². The standard InChI is InChI=1S/C30H30N8O/c1-4-5-14-26-31-23-16-15-19(17-24(23)32-26)28-30(2,3)18-27(39)38(35-28)25-13-9-8-11-21(25)20-10-6-7-12-22(20)29-33-36-37-34-29/h6-13,15-17H,4-5,14,18H2,1-3H3,(H,31,32)(H,33,34,36,37). The van der Waals surface area contributed by atoms with E-state index >= 15 is 0 Å². The fraction of sp³-hybridized carbons (Fsp3) is 0.267. The Labute approximate surface area is 226 Å². The molecule has 9 heteroatoms. The highest BCUT2D eigenvalue weighted by Crippen LogP contribution is 2.40. The maximum Gasteiger partial charge on any atom is 0.248 e. The Kier molecular flexibility index (Phi) is 6.26. The number of nitrogens with one attached hydrogen (secondary N) is 2. The van der Waals surface area contributed by atoms with Gasteiger partial charge in [0.1, 0.15) is 5.82 Å². The molecule has 2 N–H and O–H groups in total. The Morgan fingerprint density at radius 3 is 2.51 bits per heavy atom. The fourth-order valence-electron chi connectivity index (χ4n) is 5.22. The first-order chi connectivity index (χ1) is 18.9.